The fourth-order valence-electron chi connectivity index (χ4n) is 7.69. The third kappa shape index (κ3) is 6.05. The lowest BCUT2D eigenvalue weighted by Gasteiger charge is -2.38. The molecule has 259 valence electrons. The minimum atomic E-state index is -4.72. The Labute approximate surface area is 306 Å². The summed E-state index contributed by atoms with van der Waals surface area (Å²) in [5, 5.41) is 5.28. The molecular formula is C44H36F3N4S. The predicted molar refractivity (Wildman–Crippen MR) is 204 cm³/mol. The number of alkyl halides is 3. The number of nitrogens with zero attached hydrogens (tertiary/aromatic N) is 4. The number of anilines is 1. The first-order valence-corrected chi connectivity index (χ1v) is 18.6. The first kappa shape index (κ1) is 33.8. The highest BCUT2D eigenvalue weighted by atomic mass is 32.2. The topological polar surface area (TPSA) is 34.0 Å². The van der Waals surface area contributed by atoms with Crippen LogP contribution in [0.1, 0.15) is 46.8 Å². The highest BCUT2D eigenvalue weighted by Crippen LogP contribution is 2.45. The molecule has 0 aliphatic carbocycles. The monoisotopic (exact) mass is 709 g/mol. The Kier molecular flexibility index (Phi) is 9.09. The number of rotatable bonds is 8. The molecule has 1 radical (unpaired) electrons. The molecule has 1 atom stereocenters. The van der Waals surface area contributed by atoms with E-state index in [2.05, 4.69) is 51.9 Å². The molecule has 8 rings (SSSR count). The van der Waals surface area contributed by atoms with Crippen LogP contribution in [0.25, 0.3) is 22.0 Å². The van der Waals surface area contributed by atoms with Gasteiger partial charge in [0.15, 0.2) is 5.69 Å². The average Bonchev–Trinajstić information content (AvgIpc) is 3.66. The molecule has 4 nitrogen and oxygen atoms in total. The van der Waals surface area contributed by atoms with E-state index in [4.69, 9.17) is 0 Å². The van der Waals surface area contributed by atoms with Crippen molar-refractivity contribution in [2.24, 2.45) is 0 Å². The number of aromatic nitrogens is 3. The number of halogens is 3. The molecule has 0 spiro atoms. The normalized spacial score (nSPS) is 15.2. The molecule has 1 aliphatic heterocycles. The van der Waals surface area contributed by atoms with Crippen molar-refractivity contribution < 1.29 is 13.2 Å². The van der Waals surface area contributed by atoms with Gasteiger partial charge in [-0.1, -0.05) is 109 Å². The summed E-state index contributed by atoms with van der Waals surface area (Å²) in [6, 6.07) is 45.0. The number of hydrogen-bond donors (Lipinski definition) is 0. The van der Waals surface area contributed by atoms with E-state index in [0.29, 0.717) is 5.56 Å². The third-order valence-electron chi connectivity index (χ3n) is 10.1. The summed E-state index contributed by atoms with van der Waals surface area (Å²) in [6.45, 7) is 0.789. The van der Waals surface area contributed by atoms with Crippen molar-refractivity contribution in [3.63, 3.8) is 0 Å². The van der Waals surface area contributed by atoms with E-state index >= 15 is 13.2 Å². The van der Waals surface area contributed by atoms with Gasteiger partial charge in [0, 0.05) is 40.5 Å². The van der Waals surface area contributed by atoms with E-state index in [1.54, 1.807) is 30.2 Å². The number of thioether (sulfide) groups is 1. The van der Waals surface area contributed by atoms with Gasteiger partial charge in [-0.25, -0.2) is 0 Å². The molecule has 5 aromatic carbocycles. The predicted octanol–water partition coefficient (Wildman–Crippen LogP) is 11.2. The molecule has 0 saturated carbocycles. The van der Waals surface area contributed by atoms with Crippen molar-refractivity contribution in [3.05, 3.63) is 186 Å². The summed E-state index contributed by atoms with van der Waals surface area (Å²) in [4.78, 5) is 8.23. The number of pyridine rings is 1. The quantitative estimate of drug-likeness (QED) is 0.116. The molecule has 0 bridgehead atoms. The lowest BCUT2D eigenvalue weighted by atomic mass is 9.77. The lowest BCUT2D eigenvalue weighted by molar-refractivity contribution is -0.141. The van der Waals surface area contributed by atoms with E-state index in [1.807, 2.05) is 109 Å². The number of piperidine rings is 1. The van der Waals surface area contributed by atoms with Crippen molar-refractivity contribution >= 4 is 28.4 Å². The second-order valence-corrected chi connectivity index (χ2v) is 13.9. The summed E-state index contributed by atoms with van der Waals surface area (Å²) < 4.78 is 47.2. The van der Waals surface area contributed by atoms with Crippen LogP contribution in [0.5, 0.6) is 0 Å². The van der Waals surface area contributed by atoms with Gasteiger partial charge in [0.25, 0.3) is 0 Å². The van der Waals surface area contributed by atoms with Gasteiger partial charge >= 0.3 is 6.18 Å². The second kappa shape index (κ2) is 14.0. The molecule has 3 heterocycles. The summed E-state index contributed by atoms with van der Waals surface area (Å²) in [7, 11) is 0. The SMILES string of the molecule is CSc1cccc(C2C[CH]CCN2c2ccnc3ccc(-c4cn(C(c5ccccc5)(c5ccccc5)c5ccccc5)nc4C(F)(F)F)cc23)c1. The summed E-state index contributed by atoms with van der Waals surface area (Å²) >= 11 is 1.71. The van der Waals surface area contributed by atoms with Gasteiger partial charge < -0.3 is 4.90 Å². The van der Waals surface area contributed by atoms with Crippen molar-refractivity contribution in [3.8, 4) is 11.1 Å². The number of benzene rings is 5. The Morgan fingerprint density at radius 1 is 0.731 bits per heavy atom. The zero-order valence-electron chi connectivity index (χ0n) is 28.5. The number of fused-ring (bicyclic) bond motifs is 1. The summed E-state index contributed by atoms with van der Waals surface area (Å²) in [5.74, 6) is 0. The van der Waals surface area contributed by atoms with E-state index in [0.717, 1.165) is 52.7 Å². The molecule has 1 aliphatic rings. The van der Waals surface area contributed by atoms with Crippen LogP contribution in [0.4, 0.5) is 18.9 Å². The van der Waals surface area contributed by atoms with Crippen LogP contribution in [-0.2, 0) is 11.7 Å². The molecule has 0 amide bonds. The molecule has 0 N–H and O–H groups in total. The summed E-state index contributed by atoms with van der Waals surface area (Å²) in [6.07, 6.45) is 4.81. The van der Waals surface area contributed by atoms with Crippen molar-refractivity contribution in [1.82, 2.24) is 14.8 Å². The zero-order chi connectivity index (χ0) is 35.7. The Morgan fingerprint density at radius 2 is 1.38 bits per heavy atom. The molecular weight excluding hydrogens is 674 g/mol. The molecule has 7 aromatic rings. The first-order valence-electron chi connectivity index (χ1n) is 17.3. The molecule has 1 fully saturated rings. The van der Waals surface area contributed by atoms with Crippen molar-refractivity contribution in [2.45, 2.75) is 35.5 Å². The van der Waals surface area contributed by atoms with Crippen LogP contribution < -0.4 is 4.90 Å². The summed E-state index contributed by atoms with van der Waals surface area (Å²) in [5.41, 5.74) is 3.55. The van der Waals surface area contributed by atoms with Gasteiger partial charge in [-0.15, -0.1) is 11.8 Å². The maximum Gasteiger partial charge on any atom is 0.435 e. The van der Waals surface area contributed by atoms with Crippen molar-refractivity contribution in [2.75, 3.05) is 17.7 Å². The second-order valence-electron chi connectivity index (χ2n) is 13.0. The van der Waals surface area contributed by atoms with E-state index in [-0.39, 0.29) is 11.6 Å². The molecule has 1 unspecified atom stereocenters. The Balaban J connectivity index is 1.34. The third-order valence-corrected chi connectivity index (χ3v) is 10.8. The fourth-order valence-corrected chi connectivity index (χ4v) is 8.16. The van der Waals surface area contributed by atoms with Gasteiger partial charge in [-0.05, 0) is 83.7 Å². The maximum absolute atomic E-state index is 15.2. The van der Waals surface area contributed by atoms with Gasteiger partial charge in [-0.2, -0.15) is 18.3 Å². The minimum Gasteiger partial charge on any atom is -0.364 e. The minimum absolute atomic E-state index is 0.00701. The van der Waals surface area contributed by atoms with Crippen LogP contribution in [0, 0.1) is 6.42 Å². The van der Waals surface area contributed by atoms with Crippen LogP contribution in [0.3, 0.4) is 0 Å². The molecule has 8 heteroatoms. The van der Waals surface area contributed by atoms with Gasteiger partial charge in [0.1, 0.15) is 5.54 Å². The van der Waals surface area contributed by atoms with Gasteiger partial charge in [0.05, 0.1) is 11.6 Å². The van der Waals surface area contributed by atoms with E-state index in [9.17, 15) is 0 Å². The molecule has 52 heavy (non-hydrogen) atoms. The van der Waals surface area contributed by atoms with Crippen LogP contribution >= 0.6 is 11.8 Å². The smallest absolute Gasteiger partial charge is 0.364 e. The molecule has 2 aromatic heterocycles. The van der Waals surface area contributed by atoms with Gasteiger partial charge in [-0.3, -0.25) is 9.67 Å². The van der Waals surface area contributed by atoms with E-state index < -0.39 is 17.4 Å². The molecule has 1 saturated heterocycles. The van der Waals surface area contributed by atoms with Crippen LogP contribution in [0.2, 0.25) is 0 Å². The largest absolute Gasteiger partial charge is 0.435 e. The highest BCUT2D eigenvalue weighted by molar-refractivity contribution is 7.98. The van der Waals surface area contributed by atoms with Crippen LogP contribution in [0.15, 0.2) is 157 Å². The zero-order valence-corrected chi connectivity index (χ0v) is 29.4. The van der Waals surface area contributed by atoms with Crippen molar-refractivity contribution in [1.29, 1.82) is 0 Å². The highest BCUT2D eigenvalue weighted by Gasteiger charge is 2.44. The Bertz CT molecular complexity index is 2210. The Hall–Kier alpha value is -5.34. The van der Waals surface area contributed by atoms with Crippen LogP contribution in [-0.4, -0.2) is 27.6 Å². The lowest BCUT2D eigenvalue weighted by Crippen LogP contribution is -2.38. The first-order chi connectivity index (χ1) is 25.4. The van der Waals surface area contributed by atoms with Gasteiger partial charge in [0.2, 0.25) is 0 Å². The standard InChI is InChI=1S/C44H36F3N4S/c1-52-36-21-13-14-32(28-36)40-22-11-12-27-50(40)41-25-26-48-39-24-23-31(29-37(39)41)38-30-51(49-42(38)44(45,46)47)43(33-15-5-2-6-16-33,34-17-7-3-8-18-34)35-19-9-4-10-20-35/h2-11,13-21,23-26,28-30,40H,12,22,27H2,1H3. The Morgan fingerprint density at radius 3 is 2.00 bits per heavy atom. The average molecular weight is 710 g/mol. The van der Waals surface area contributed by atoms with E-state index in [1.165, 1.54) is 15.1 Å². The fraction of sp³-hybridized carbons (Fsp3) is 0.159. The number of hydrogen-bond acceptors (Lipinski definition) is 4. The maximum atomic E-state index is 15.2.